The number of methoxy groups -OCH3 is 1. The van der Waals surface area contributed by atoms with Gasteiger partial charge in [0, 0.05) is 24.3 Å². The van der Waals surface area contributed by atoms with Crippen LogP contribution in [0.5, 0.6) is 5.88 Å². The van der Waals surface area contributed by atoms with Crippen molar-refractivity contribution in [3.05, 3.63) is 39.1 Å². The summed E-state index contributed by atoms with van der Waals surface area (Å²) in [5.74, 6) is 0.179. The number of hydrogen-bond acceptors (Lipinski definition) is 6. The molecule has 0 saturated heterocycles. The van der Waals surface area contributed by atoms with Gasteiger partial charge in [-0.2, -0.15) is 0 Å². The molecule has 1 N–H and O–H groups in total. The van der Waals surface area contributed by atoms with E-state index < -0.39 is 0 Å². The molecule has 2 aromatic heterocycles. The van der Waals surface area contributed by atoms with Crippen LogP contribution in [0, 0.1) is 6.92 Å². The van der Waals surface area contributed by atoms with Gasteiger partial charge < -0.3 is 14.8 Å². The third-order valence-electron chi connectivity index (χ3n) is 2.84. The predicted octanol–water partition coefficient (Wildman–Crippen LogP) is 1.28. The van der Waals surface area contributed by atoms with E-state index >= 15 is 0 Å². The number of thiazole rings is 1. The number of nitrogens with zero attached hydrogens (tertiary/aromatic N) is 2. The number of anilines is 1. The molecule has 0 bridgehead atoms. The van der Waals surface area contributed by atoms with Crippen LogP contribution in [0.4, 0.5) is 5.69 Å². The highest BCUT2D eigenvalue weighted by molar-refractivity contribution is 7.07. The quantitative estimate of drug-likeness (QED) is 0.776. The Bertz CT molecular complexity index is 678. The standard InChI is InChI=1S/C14H17N3O4S/c1-10-9-22-14(19)17(10)8-12(18)16-11-3-4-13(15-7-11)21-6-5-20-2/h3-4,7,9H,5-6,8H2,1-2H3,(H,16,18). The van der Waals surface area contributed by atoms with Crippen molar-refractivity contribution in [1.29, 1.82) is 0 Å². The molecule has 0 saturated carbocycles. The van der Waals surface area contributed by atoms with Gasteiger partial charge >= 0.3 is 4.87 Å². The lowest BCUT2D eigenvalue weighted by Gasteiger charge is -2.08. The van der Waals surface area contributed by atoms with Crippen LogP contribution >= 0.6 is 11.3 Å². The number of aryl methyl sites for hydroxylation is 1. The molecule has 7 nitrogen and oxygen atoms in total. The zero-order chi connectivity index (χ0) is 15.9. The average molecular weight is 323 g/mol. The Hall–Kier alpha value is -2.19. The van der Waals surface area contributed by atoms with E-state index in [0.29, 0.717) is 24.8 Å². The number of hydrogen-bond donors (Lipinski definition) is 1. The zero-order valence-electron chi connectivity index (χ0n) is 12.4. The SMILES string of the molecule is COCCOc1ccc(NC(=O)Cn2c(C)csc2=O)cn1. The van der Waals surface area contributed by atoms with Crippen LogP contribution < -0.4 is 14.9 Å². The fourth-order valence-corrected chi connectivity index (χ4v) is 2.44. The van der Waals surface area contributed by atoms with Gasteiger partial charge in [-0.3, -0.25) is 14.2 Å². The van der Waals surface area contributed by atoms with Crippen LogP contribution in [0.1, 0.15) is 5.69 Å². The first-order valence-electron chi connectivity index (χ1n) is 6.62. The highest BCUT2D eigenvalue weighted by Gasteiger charge is 2.09. The van der Waals surface area contributed by atoms with Crippen LogP contribution in [0.3, 0.4) is 0 Å². The Morgan fingerprint density at radius 3 is 2.82 bits per heavy atom. The van der Waals surface area contributed by atoms with Crippen molar-refractivity contribution in [2.24, 2.45) is 0 Å². The van der Waals surface area contributed by atoms with Gasteiger partial charge in [0.05, 0.1) is 18.5 Å². The van der Waals surface area contributed by atoms with E-state index in [4.69, 9.17) is 9.47 Å². The third kappa shape index (κ3) is 4.40. The summed E-state index contributed by atoms with van der Waals surface area (Å²) < 4.78 is 11.6. The molecule has 0 fully saturated rings. The molecular formula is C14H17N3O4S. The van der Waals surface area contributed by atoms with Gasteiger partial charge in [0.1, 0.15) is 13.2 Å². The molecule has 2 aromatic rings. The number of aromatic nitrogens is 2. The van der Waals surface area contributed by atoms with Gasteiger partial charge in [-0.25, -0.2) is 4.98 Å². The molecule has 1 amide bonds. The summed E-state index contributed by atoms with van der Waals surface area (Å²) in [6.07, 6.45) is 1.50. The second-order valence-corrected chi connectivity index (χ2v) is 5.32. The molecule has 118 valence electrons. The molecule has 0 aromatic carbocycles. The van der Waals surface area contributed by atoms with E-state index in [1.165, 1.54) is 10.8 Å². The van der Waals surface area contributed by atoms with Crippen molar-refractivity contribution < 1.29 is 14.3 Å². The lowest BCUT2D eigenvalue weighted by Crippen LogP contribution is -2.25. The zero-order valence-corrected chi connectivity index (χ0v) is 13.2. The largest absolute Gasteiger partial charge is 0.475 e. The highest BCUT2D eigenvalue weighted by Crippen LogP contribution is 2.11. The lowest BCUT2D eigenvalue weighted by atomic mass is 10.4. The molecule has 2 heterocycles. The van der Waals surface area contributed by atoms with E-state index in [2.05, 4.69) is 10.3 Å². The molecule has 22 heavy (non-hydrogen) atoms. The van der Waals surface area contributed by atoms with E-state index in [-0.39, 0.29) is 17.3 Å². The highest BCUT2D eigenvalue weighted by atomic mass is 32.1. The van der Waals surface area contributed by atoms with Gasteiger partial charge in [0.25, 0.3) is 0 Å². The van der Waals surface area contributed by atoms with Crippen molar-refractivity contribution >= 4 is 22.9 Å². The minimum absolute atomic E-state index is 0.0136. The molecule has 2 rings (SSSR count). The van der Waals surface area contributed by atoms with Gasteiger partial charge in [0.2, 0.25) is 11.8 Å². The van der Waals surface area contributed by atoms with Gasteiger partial charge in [0.15, 0.2) is 0 Å². The summed E-state index contributed by atoms with van der Waals surface area (Å²) in [7, 11) is 1.59. The fourth-order valence-electron chi connectivity index (χ4n) is 1.71. The second kappa shape index (κ2) is 7.71. The number of pyridine rings is 1. The normalized spacial score (nSPS) is 10.5. The number of nitrogens with one attached hydrogen (secondary N) is 1. The maximum atomic E-state index is 11.9. The van der Waals surface area contributed by atoms with E-state index in [1.54, 1.807) is 31.5 Å². The molecule has 0 radical (unpaired) electrons. The third-order valence-corrected chi connectivity index (χ3v) is 3.72. The Balaban J connectivity index is 1.90. The first kappa shape index (κ1) is 16.2. The average Bonchev–Trinajstić information content (AvgIpc) is 2.81. The van der Waals surface area contributed by atoms with E-state index in [9.17, 15) is 9.59 Å². The lowest BCUT2D eigenvalue weighted by molar-refractivity contribution is -0.116. The molecule has 0 aliphatic carbocycles. The van der Waals surface area contributed by atoms with Crippen molar-refractivity contribution in [2.45, 2.75) is 13.5 Å². The van der Waals surface area contributed by atoms with Crippen LogP contribution in [-0.2, 0) is 16.1 Å². The number of ether oxygens (including phenoxy) is 2. The first-order valence-corrected chi connectivity index (χ1v) is 7.50. The van der Waals surface area contributed by atoms with E-state index in [0.717, 1.165) is 17.0 Å². The van der Waals surface area contributed by atoms with Crippen molar-refractivity contribution in [3.63, 3.8) is 0 Å². The molecule has 8 heteroatoms. The van der Waals surface area contributed by atoms with Gasteiger partial charge in [-0.1, -0.05) is 11.3 Å². The fraction of sp³-hybridized carbons (Fsp3) is 0.357. The first-order chi connectivity index (χ1) is 10.6. The second-order valence-electron chi connectivity index (χ2n) is 4.50. The molecule has 0 unspecified atom stereocenters. The van der Waals surface area contributed by atoms with Crippen molar-refractivity contribution in [1.82, 2.24) is 9.55 Å². The minimum atomic E-state index is -0.279. The van der Waals surface area contributed by atoms with Crippen LogP contribution in [-0.4, -0.2) is 35.8 Å². The summed E-state index contributed by atoms with van der Waals surface area (Å²) in [5, 5.41) is 4.42. The number of carbonyl (C=O) groups excluding carboxylic acids is 1. The molecule has 0 aliphatic rings. The smallest absolute Gasteiger partial charge is 0.307 e. The summed E-state index contributed by atoms with van der Waals surface area (Å²) in [4.78, 5) is 27.4. The van der Waals surface area contributed by atoms with Gasteiger partial charge in [-0.15, -0.1) is 0 Å². The van der Waals surface area contributed by atoms with Crippen LogP contribution in [0.2, 0.25) is 0 Å². The summed E-state index contributed by atoms with van der Waals surface area (Å²) >= 11 is 1.08. The Labute approximate surface area is 131 Å². The topological polar surface area (TPSA) is 82.5 Å². The molecule has 0 spiro atoms. The Morgan fingerprint density at radius 2 is 2.23 bits per heavy atom. The maximum Gasteiger partial charge on any atom is 0.307 e. The number of carbonyl (C=O) groups is 1. The van der Waals surface area contributed by atoms with Crippen LogP contribution in [0.15, 0.2) is 28.5 Å². The number of amides is 1. The summed E-state index contributed by atoms with van der Waals surface area (Å²) in [6.45, 7) is 2.67. The number of rotatable bonds is 7. The minimum Gasteiger partial charge on any atom is -0.475 e. The maximum absolute atomic E-state index is 11.9. The van der Waals surface area contributed by atoms with Crippen molar-refractivity contribution in [2.75, 3.05) is 25.6 Å². The van der Waals surface area contributed by atoms with Crippen molar-refractivity contribution in [3.8, 4) is 5.88 Å². The predicted molar refractivity (Wildman–Crippen MR) is 83.6 cm³/mol. The summed E-state index contributed by atoms with van der Waals surface area (Å²) in [5.41, 5.74) is 1.31. The Morgan fingerprint density at radius 1 is 1.41 bits per heavy atom. The van der Waals surface area contributed by atoms with E-state index in [1.807, 2.05) is 0 Å². The monoisotopic (exact) mass is 323 g/mol. The molecular weight excluding hydrogens is 306 g/mol. The van der Waals surface area contributed by atoms with Crippen LogP contribution in [0.25, 0.3) is 0 Å². The molecule has 0 aliphatic heterocycles. The molecule has 0 atom stereocenters. The Kier molecular flexibility index (Phi) is 5.68. The van der Waals surface area contributed by atoms with Gasteiger partial charge in [-0.05, 0) is 13.0 Å². The summed E-state index contributed by atoms with van der Waals surface area (Å²) in [6, 6.07) is 3.35.